The lowest BCUT2D eigenvalue weighted by molar-refractivity contribution is -0.152. The van der Waals surface area contributed by atoms with E-state index in [1.807, 2.05) is 11.6 Å². The van der Waals surface area contributed by atoms with Crippen LogP contribution in [-0.4, -0.2) is 102 Å². The third-order valence-electron chi connectivity index (χ3n) is 12.5. The number of pyridine rings is 1. The topological polar surface area (TPSA) is 182 Å². The zero-order chi connectivity index (χ0) is 45.8. The molecule has 7 atom stereocenters. The summed E-state index contributed by atoms with van der Waals surface area (Å²) in [6.45, 7) is 4.33. The predicted octanol–water partition coefficient (Wildman–Crippen LogP) is 5.97. The van der Waals surface area contributed by atoms with Gasteiger partial charge in [-0.15, -0.1) is 0 Å². The molecule has 2 aliphatic carbocycles. The molecule has 2 aliphatic heterocycles. The summed E-state index contributed by atoms with van der Waals surface area (Å²) in [4.78, 5) is 61.3. The first-order chi connectivity index (χ1) is 28.8. The summed E-state index contributed by atoms with van der Waals surface area (Å²) in [5, 5.41) is 5.24. The van der Waals surface area contributed by atoms with Gasteiger partial charge in [0.05, 0.1) is 13.7 Å². The number of carbonyl (C=O) groups is 4. The Morgan fingerprint density at radius 3 is 2.35 bits per heavy atom. The van der Waals surface area contributed by atoms with Crippen molar-refractivity contribution in [2.75, 3.05) is 20.3 Å². The first-order valence-corrected chi connectivity index (χ1v) is 21.8. The number of nitrogens with zero attached hydrogens (tertiary/aromatic N) is 2. The minimum Gasteiger partial charge on any atom is -0.497 e. The van der Waals surface area contributed by atoms with E-state index in [1.165, 1.54) is 25.3 Å². The fraction of sp³-hybridized carbons (Fsp3) is 0.634. The fourth-order valence-electron chi connectivity index (χ4n) is 7.95. The Morgan fingerprint density at radius 1 is 1.05 bits per heavy atom. The Balaban J connectivity index is 1.39. The van der Waals surface area contributed by atoms with E-state index in [9.17, 15) is 53.9 Å². The molecule has 3 fully saturated rings. The van der Waals surface area contributed by atoms with E-state index in [1.54, 1.807) is 19.1 Å². The first kappa shape index (κ1) is 46.7. The number of rotatable bonds is 10. The highest BCUT2D eigenvalue weighted by Gasteiger charge is 2.64. The van der Waals surface area contributed by atoms with Crippen LogP contribution in [-0.2, 0) is 35.3 Å². The van der Waals surface area contributed by atoms with E-state index < -0.39 is 123 Å². The van der Waals surface area contributed by atoms with Gasteiger partial charge in [0.15, 0.2) is 5.60 Å². The monoisotopic (exact) mass is 903 g/mol. The maximum Gasteiger partial charge on any atom is 0.433 e. The molecule has 0 spiro atoms. The van der Waals surface area contributed by atoms with Gasteiger partial charge in [-0.05, 0) is 93.9 Å². The molecule has 3 heterocycles. The summed E-state index contributed by atoms with van der Waals surface area (Å²) >= 11 is 0. The van der Waals surface area contributed by atoms with Crippen molar-refractivity contribution in [3.05, 3.63) is 42.1 Å². The number of allylic oxidation sites excluding steroid dienone is 1. The maximum absolute atomic E-state index is 14.8. The SMILES string of the molecule is COc1ccc2c(O[C@@H]3C[C@H]4C(=O)N[C@]5(C(=O)NS(=O)(=O)C6(CF)CC6)C[C@H]5/C=C\CC[C@@H](C)C[C@@H](C)[C@H](NC(=O)OC(C)(C)C(C)(F)F)C(=O)N4C3)nc(C(F)(F)F)cc2c1. The second-order valence-corrected chi connectivity index (χ2v) is 19.7. The van der Waals surface area contributed by atoms with Crippen molar-refractivity contribution < 1.29 is 68.1 Å². The van der Waals surface area contributed by atoms with Crippen molar-refractivity contribution >= 4 is 44.6 Å². The molecule has 1 aromatic carbocycles. The van der Waals surface area contributed by atoms with Crippen molar-refractivity contribution in [3.63, 3.8) is 0 Å². The van der Waals surface area contributed by atoms with Gasteiger partial charge in [0.25, 0.3) is 11.8 Å². The number of fused-ring (bicyclic) bond motifs is 3. The van der Waals surface area contributed by atoms with E-state index in [4.69, 9.17) is 14.2 Å². The van der Waals surface area contributed by atoms with E-state index in [0.717, 1.165) is 24.8 Å². The summed E-state index contributed by atoms with van der Waals surface area (Å²) in [6.07, 6.45) is -3.28. The first-order valence-electron chi connectivity index (χ1n) is 20.3. The number of hydrogen-bond acceptors (Lipinski definition) is 10. The van der Waals surface area contributed by atoms with E-state index >= 15 is 0 Å². The number of benzene rings is 1. The van der Waals surface area contributed by atoms with Crippen molar-refractivity contribution in [3.8, 4) is 11.6 Å². The number of nitrogens with one attached hydrogen (secondary N) is 3. The minimum absolute atomic E-state index is 0.0172. The highest BCUT2D eigenvalue weighted by atomic mass is 32.2. The number of hydrogen-bond donors (Lipinski definition) is 3. The van der Waals surface area contributed by atoms with Gasteiger partial charge in [0.2, 0.25) is 27.7 Å². The van der Waals surface area contributed by atoms with Crippen LogP contribution in [0.1, 0.15) is 85.3 Å². The van der Waals surface area contributed by atoms with Gasteiger partial charge in [-0.2, -0.15) is 13.2 Å². The van der Waals surface area contributed by atoms with Crippen LogP contribution >= 0.6 is 0 Å². The molecule has 62 heavy (non-hydrogen) atoms. The normalized spacial score (nSPS) is 28.6. The molecule has 1 saturated heterocycles. The zero-order valence-corrected chi connectivity index (χ0v) is 35.9. The highest BCUT2D eigenvalue weighted by Crippen LogP contribution is 2.48. The summed E-state index contributed by atoms with van der Waals surface area (Å²) in [5.74, 6) is -8.30. The number of amides is 4. The van der Waals surface area contributed by atoms with Gasteiger partial charge in [-0.3, -0.25) is 19.1 Å². The molecule has 6 rings (SSSR count). The number of sulfonamides is 1. The molecule has 4 aliphatic rings. The van der Waals surface area contributed by atoms with E-state index in [2.05, 4.69) is 15.6 Å². The lowest BCUT2D eigenvalue weighted by Crippen LogP contribution is -2.60. The molecule has 342 valence electrons. The summed E-state index contributed by atoms with van der Waals surface area (Å²) < 4.78 is 128. The van der Waals surface area contributed by atoms with Crippen LogP contribution in [0.5, 0.6) is 11.6 Å². The number of halogens is 6. The lowest BCUT2D eigenvalue weighted by Gasteiger charge is -2.35. The zero-order valence-electron chi connectivity index (χ0n) is 35.0. The van der Waals surface area contributed by atoms with Crippen LogP contribution in [0, 0.1) is 17.8 Å². The molecule has 2 aromatic rings. The summed E-state index contributed by atoms with van der Waals surface area (Å²) in [5.41, 5.74) is -5.50. The maximum atomic E-state index is 14.8. The molecule has 0 bridgehead atoms. The number of alkyl halides is 6. The summed E-state index contributed by atoms with van der Waals surface area (Å²) in [6, 6.07) is 1.97. The third kappa shape index (κ3) is 9.41. The van der Waals surface area contributed by atoms with Crippen molar-refractivity contribution in [1.29, 1.82) is 0 Å². The smallest absolute Gasteiger partial charge is 0.433 e. The van der Waals surface area contributed by atoms with Gasteiger partial charge >= 0.3 is 12.3 Å². The molecule has 2 saturated carbocycles. The van der Waals surface area contributed by atoms with Crippen LogP contribution in [0.2, 0.25) is 0 Å². The Labute approximate surface area is 354 Å². The second kappa shape index (κ2) is 16.7. The van der Waals surface area contributed by atoms with E-state index in [0.29, 0.717) is 26.2 Å². The van der Waals surface area contributed by atoms with Crippen LogP contribution in [0.4, 0.5) is 31.1 Å². The number of carbonyl (C=O) groups excluding carboxylic acids is 4. The average Bonchev–Trinajstić information content (AvgIpc) is 4.08. The quantitative estimate of drug-likeness (QED) is 0.190. The molecule has 14 nitrogen and oxygen atoms in total. The minimum atomic E-state index is -4.92. The van der Waals surface area contributed by atoms with Crippen LogP contribution in [0.25, 0.3) is 10.8 Å². The summed E-state index contributed by atoms with van der Waals surface area (Å²) in [7, 11) is -3.20. The molecule has 0 unspecified atom stereocenters. The number of alkyl carbamates (subject to hydrolysis) is 1. The predicted molar refractivity (Wildman–Crippen MR) is 211 cm³/mol. The lowest BCUT2D eigenvalue weighted by atomic mass is 9.88. The Kier molecular flexibility index (Phi) is 12.6. The number of aromatic nitrogens is 1. The van der Waals surface area contributed by atoms with Crippen molar-refractivity contribution in [1.82, 2.24) is 25.2 Å². The molecular formula is C41H51F6N5O9S. The molecule has 1 aromatic heterocycles. The van der Waals surface area contributed by atoms with E-state index in [-0.39, 0.29) is 41.7 Å². The van der Waals surface area contributed by atoms with Gasteiger partial charge < -0.3 is 29.7 Å². The number of methoxy groups -OCH3 is 1. The Hall–Kier alpha value is -4.82. The van der Waals surface area contributed by atoms with Gasteiger partial charge in [-0.25, -0.2) is 31.4 Å². The molecular weight excluding hydrogens is 853 g/mol. The molecule has 4 amide bonds. The number of ether oxygens (including phenoxy) is 3. The fourth-order valence-corrected chi connectivity index (χ4v) is 9.38. The molecule has 0 radical (unpaired) electrons. The van der Waals surface area contributed by atoms with Crippen LogP contribution in [0.15, 0.2) is 36.4 Å². The largest absolute Gasteiger partial charge is 0.497 e. The van der Waals surface area contributed by atoms with Gasteiger partial charge in [0, 0.05) is 24.6 Å². The van der Waals surface area contributed by atoms with Crippen molar-refractivity contribution in [2.24, 2.45) is 17.8 Å². The standard InChI is InChI=1S/C41H51F6N5O9S/c1-22-9-7-8-10-25-19-40(25,35(55)51-62(57,58)39(21-42)13-14-39)50-32(53)29-18-27(60-33-28-12-11-26(59-6)16-24(28)17-30(48-33)41(45,46)47)20-52(29)34(54)31(23(2)15-22)49-36(56)61-37(3,4)38(5,43)44/h8,10-12,16-17,22-23,25,27,29,31H,7,9,13-15,18-21H2,1-6H3,(H,49,56)(H,50,53)(H,51,55)/b10-8-/t22-,23-,25-,27-,29+,31+,40-/m1/s1. The molecule has 21 heteroatoms. The Bertz CT molecular complexity index is 2230. The van der Waals surface area contributed by atoms with Crippen molar-refractivity contribution in [2.45, 2.75) is 126 Å². The van der Waals surface area contributed by atoms with Gasteiger partial charge in [-0.1, -0.05) is 26.0 Å². The van der Waals surface area contributed by atoms with Crippen LogP contribution in [0.3, 0.4) is 0 Å². The third-order valence-corrected chi connectivity index (χ3v) is 14.6. The van der Waals surface area contributed by atoms with Gasteiger partial charge in [0.1, 0.15) is 46.6 Å². The molecule has 3 N–H and O–H groups in total. The average molecular weight is 904 g/mol. The highest BCUT2D eigenvalue weighted by molar-refractivity contribution is 7.91. The Morgan fingerprint density at radius 2 is 1.74 bits per heavy atom. The van der Waals surface area contributed by atoms with Crippen LogP contribution < -0.4 is 24.8 Å². The second-order valence-electron chi connectivity index (χ2n) is 17.6.